The van der Waals surface area contributed by atoms with E-state index in [1.165, 1.54) is 0 Å². The van der Waals surface area contributed by atoms with E-state index in [1.807, 2.05) is 37.4 Å². The Balaban J connectivity index is 2.08. The van der Waals surface area contributed by atoms with Crippen molar-refractivity contribution >= 4 is 23.2 Å². The summed E-state index contributed by atoms with van der Waals surface area (Å²) in [6.07, 6.45) is 2.73. The van der Waals surface area contributed by atoms with Crippen LogP contribution in [0.25, 0.3) is 0 Å². The Hall–Kier alpha value is -1.06. The van der Waals surface area contributed by atoms with Gasteiger partial charge in [0.15, 0.2) is 0 Å². The van der Waals surface area contributed by atoms with Gasteiger partial charge in [0, 0.05) is 5.02 Å². The minimum Gasteiger partial charge on any atom is -0.248 e. The van der Waals surface area contributed by atoms with Crippen molar-refractivity contribution in [2.45, 2.75) is 25.3 Å². The smallest absolute Gasteiger partial charge is 0.101 e. The van der Waals surface area contributed by atoms with Crippen LogP contribution in [-0.4, -0.2) is 15.0 Å². The molecule has 0 bridgehead atoms. The molecule has 5 heteroatoms. The van der Waals surface area contributed by atoms with Gasteiger partial charge in [0.05, 0.1) is 18.1 Å². The maximum atomic E-state index is 6.09. The third kappa shape index (κ3) is 3.20. The van der Waals surface area contributed by atoms with Crippen LogP contribution < -0.4 is 0 Å². The van der Waals surface area contributed by atoms with E-state index in [0.717, 1.165) is 22.7 Å². The fourth-order valence-corrected chi connectivity index (χ4v) is 1.75. The van der Waals surface area contributed by atoms with Crippen LogP contribution in [0, 0.1) is 0 Å². The molecule has 0 radical (unpaired) electrons. The second kappa shape index (κ2) is 5.52. The van der Waals surface area contributed by atoms with Crippen LogP contribution >= 0.6 is 23.2 Å². The van der Waals surface area contributed by atoms with Gasteiger partial charge in [-0.1, -0.05) is 35.9 Å². The summed E-state index contributed by atoms with van der Waals surface area (Å²) < 4.78 is 1.78. The van der Waals surface area contributed by atoms with Crippen molar-refractivity contribution in [3.63, 3.8) is 0 Å². The van der Waals surface area contributed by atoms with Crippen LogP contribution in [0.4, 0.5) is 0 Å². The van der Waals surface area contributed by atoms with Crippen LogP contribution in [0.3, 0.4) is 0 Å². The van der Waals surface area contributed by atoms with Gasteiger partial charge in [-0.05, 0) is 24.1 Å². The van der Waals surface area contributed by atoms with E-state index < -0.39 is 0 Å². The molecule has 1 atom stereocenters. The van der Waals surface area contributed by atoms with Gasteiger partial charge in [-0.25, -0.2) is 4.68 Å². The van der Waals surface area contributed by atoms with E-state index in [9.17, 15) is 0 Å². The minimum absolute atomic E-state index is 0.0611. The van der Waals surface area contributed by atoms with Crippen LogP contribution in [0.5, 0.6) is 0 Å². The Morgan fingerprint density at radius 3 is 2.65 bits per heavy atom. The molecule has 0 saturated heterocycles. The van der Waals surface area contributed by atoms with Crippen LogP contribution in [0.15, 0.2) is 30.5 Å². The molecule has 0 fully saturated rings. The number of aromatic nitrogens is 3. The number of hydrogen-bond donors (Lipinski definition) is 0. The molecule has 0 amide bonds. The Morgan fingerprint density at radius 2 is 2.00 bits per heavy atom. The lowest BCUT2D eigenvalue weighted by molar-refractivity contribution is 0.649. The lowest BCUT2D eigenvalue weighted by Crippen LogP contribution is -2.00. The zero-order valence-corrected chi connectivity index (χ0v) is 11.0. The zero-order chi connectivity index (χ0) is 12.3. The van der Waals surface area contributed by atoms with Crippen molar-refractivity contribution in [2.75, 3.05) is 0 Å². The first-order valence-corrected chi connectivity index (χ1v) is 6.29. The summed E-state index contributed by atoms with van der Waals surface area (Å²) in [6.45, 7) is 2.70. The fourth-order valence-electron chi connectivity index (χ4n) is 1.52. The van der Waals surface area contributed by atoms with Crippen molar-refractivity contribution in [3.05, 3.63) is 46.7 Å². The monoisotopic (exact) mass is 269 g/mol. The van der Waals surface area contributed by atoms with Gasteiger partial charge in [-0.2, -0.15) is 0 Å². The highest BCUT2D eigenvalue weighted by Gasteiger charge is 2.09. The second-order valence-electron chi connectivity index (χ2n) is 3.84. The standard InChI is InChI=1S/C12H13Cl2N3/c1-2-11(14)12-8-17(16-15-12)7-9-3-5-10(13)6-4-9/h3-6,8,11H,2,7H2,1H3. The maximum absolute atomic E-state index is 6.09. The molecule has 1 unspecified atom stereocenters. The van der Waals surface area contributed by atoms with Gasteiger partial charge in [0.25, 0.3) is 0 Å². The van der Waals surface area contributed by atoms with Gasteiger partial charge >= 0.3 is 0 Å². The topological polar surface area (TPSA) is 30.7 Å². The average molecular weight is 270 g/mol. The van der Waals surface area contributed by atoms with E-state index >= 15 is 0 Å². The second-order valence-corrected chi connectivity index (χ2v) is 4.81. The van der Waals surface area contributed by atoms with Crippen molar-refractivity contribution in [1.82, 2.24) is 15.0 Å². The van der Waals surface area contributed by atoms with E-state index in [0.29, 0.717) is 6.54 Å². The normalized spacial score (nSPS) is 12.6. The molecule has 1 aromatic carbocycles. The quantitative estimate of drug-likeness (QED) is 0.793. The summed E-state index contributed by atoms with van der Waals surface area (Å²) in [5.41, 5.74) is 1.96. The van der Waals surface area contributed by atoms with E-state index in [4.69, 9.17) is 23.2 Å². The summed E-state index contributed by atoms with van der Waals surface area (Å²) in [5.74, 6) is 0. The first-order chi connectivity index (χ1) is 8.19. The van der Waals surface area contributed by atoms with Crippen molar-refractivity contribution in [1.29, 1.82) is 0 Å². The molecule has 0 spiro atoms. The Morgan fingerprint density at radius 1 is 1.29 bits per heavy atom. The first-order valence-electron chi connectivity index (χ1n) is 5.47. The third-order valence-electron chi connectivity index (χ3n) is 2.49. The van der Waals surface area contributed by atoms with Crippen molar-refractivity contribution in [3.8, 4) is 0 Å². The summed E-state index contributed by atoms with van der Waals surface area (Å²) >= 11 is 11.9. The lowest BCUT2D eigenvalue weighted by Gasteiger charge is -2.01. The Bertz CT molecular complexity index is 479. The highest BCUT2D eigenvalue weighted by molar-refractivity contribution is 6.30. The average Bonchev–Trinajstić information content (AvgIpc) is 2.80. The summed E-state index contributed by atoms with van der Waals surface area (Å²) in [6, 6.07) is 7.68. The van der Waals surface area contributed by atoms with Gasteiger partial charge in [-0.15, -0.1) is 16.7 Å². The molecule has 2 rings (SSSR count). The van der Waals surface area contributed by atoms with Crippen LogP contribution in [0.1, 0.15) is 30.0 Å². The summed E-state index contributed by atoms with van der Waals surface area (Å²) in [5, 5.41) is 8.78. The molecule has 0 aliphatic rings. The number of nitrogens with zero attached hydrogens (tertiary/aromatic N) is 3. The molecular formula is C12H13Cl2N3. The molecule has 0 aliphatic heterocycles. The minimum atomic E-state index is -0.0611. The van der Waals surface area contributed by atoms with Crippen molar-refractivity contribution < 1.29 is 0 Å². The number of benzene rings is 1. The van der Waals surface area contributed by atoms with Gasteiger partial charge in [-0.3, -0.25) is 0 Å². The fraction of sp³-hybridized carbons (Fsp3) is 0.333. The van der Waals surface area contributed by atoms with Gasteiger partial charge in [0.2, 0.25) is 0 Å². The van der Waals surface area contributed by atoms with Gasteiger partial charge in [0.1, 0.15) is 5.69 Å². The number of hydrogen-bond acceptors (Lipinski definition) is 2. The molecule has 17 heavy (non-hydrogen) atoms. The Kier molecular flexibility index (Phi) is 4.02. The number of rotatable bonds is 4. The molecule has 1 heterocycles. The molecule has 3 nitrogen and oxygen atoms in total. The molecule has 90 valence electrons. The SMILES string of the molecule is CCC(Cl)c1cn(Cc2ccc(Cl)cc2)nn1. The number of halogens is 2. The maximum Gasteiger partial charge on any atom is 0.101 e. The van der Waals surface area contributed by atoms with Crippen LogP contribution in [-0.2, 0) is 6.54 Å². The van der Waals surface area contributed by atoms with Crippen LogP contribution in [0.2, 0.25) is 5.02 Å². The molecule has 1 aromatic heterocycles. The molecular weight excluding hydrogens is 257 g/mol. The highest BCUT2D eigenvalue weighted by atomic mass is 35.5. The highest BCUT2D eigenvalue weighted by Crippen LogP contribution is 2.21. The molecule has 0 aliphatic carbocycles. The number of alkyl halides is 1. The lowest BCUT2D eigenvalue weighted by atomic mass is 10.2. The predicted molar refractivity (Wildman–Crippen MR) is 69.5 cm³/mol. The van der Waals surface area contributed by atoms with Crippen molar-refractivity contribution in [2.24, 2.45) is 0 Å². The van der Waals surface area contributed by atoms with E-state index in [-0.39, 0.29) is 5.38 Å². The third-order valence-corrected chi connectivity index (χ3v) is 3.28. The molecule has 0 N–H and O–H groups in total. The van der Waals surface area contributed by atoms with Gasteiger partial charge < -0.3 is 0 Å². The zero-order valence-electron chi connectivity index (χ0n) is 9.48. The largest absolute Gasteiger partial charge is 0.248 e. The molecule has 2 aromatic rings. The molecule has 0 saturated carbocycles. The summed E-state index contributed by atoms with van der Waals surface area (Å²) in [7, 11) is 0. The van der Waals surface area contributed by atoms with E-state index in [2.05, 4.69) is 10.3 Å². The van der Waals surface area contributed by atoms with E-state index in [1.54, 1.807) is 4.68 Å². The first kappa shape index (κ1) is 12.4. The summed E-state index contributed by atoms with van der Waals surface area (Å²) in [4.78, 5) is 0. The predicted octanol–water partition coefficient (Wildman–Crippen LogP) is 3.67. The Labute approximate surface area is 110 Å².